The normalized spacial score (nSPS) is 18.5. The molecule has 2 N–H and O–H groups in total. The van der Waals surface area contributed by atoms with Gasteiger partial charge in [0.1, 0.15) is 0 Å². The number of halogens is 3. The molecule has 0 saturated heterocycles. The summed E-state index contributed by atoms with van der Waals surface area (Å²) >= 11 is 0. The number of aromatic nitrogens is 1. The van der Waals surface area contributed by atoms with Crippen molar-refractivity contribution in [1.82, 2.24) is 9.88 Å². The van der Waals surface area contributed by atoms with Crippen LogP contribution in [-0.4, -0.2) is 32.3 Å². The SMILES string of the molecule is C[C@](O)(Cn1ccc2c([N+](=O)[O-])cccc21)C(=O)NC1=CC=C(C#N)C(C(F)(F)F)C1. The quantitative estimate of drug-likeness (QED) is 0.552. The highest BCUT2D eigenvalue weighted by Crippen LogP contribution is 2.38. The minimum absolute atomic E-state index is 0.0837. The Balaban J connectivity index is 1.80. The molecule has 8 nitrogen and oxygen atoms in total. The maximum absolute atomic E-state index is 13.2. The predicted molar refractivity (Wildman–Crippen MR) is 103 cm³/mol. The molecule has 31 heavy (non-hydrogen) atoms. The van der Waals surface area contributed by atoms with Gasteiger partial charge in [0.25, 0.3) is 11.6 Å². The molecule has 1 amide bonds. The van der Waals surface area contributed by atoms with Crippen LogP contribution in [0.15, 0.2) is 53.9 Å². The molecule has 0 saturated carbocycles. The van der Waals surface area contributed by atoms with Gasteiger partial charge in [-0.2, -0.15) is 18.4 Å². The molecule has 0 spiro atoms. The van der Waals surface area contributed by atoms with Crippen LogP contribution >= 0.6 is 0 Å². The number of allylic oxidation sites excluding steroid dienone is 4. The number of aliphatic hydroxyl groups is 1. The van der Waals surface area contributed by atoms with Crippen molar-refractivity contribution in [2.75, 3.05) is 0 Å². The van der Waals surface area contributed by atoms with Crippen LogP contribution in [0.1, 0.15) is 13.3 Å². The second-order valence-electron chi connectivity index (χ2n) is 7.36. The number of alkyl halides is 3. The summed E-state index contributed by atoms with van der Waals surface area (Å²) in [7, 11) is 0. The smallest absolute Gasteiger partial charge is 0.378 e. The number of nitro benzene ring substituents is 1. The van der Waals surface area contributed by atoms with Crippen molar-refractivity contribution in [1.29, 1.82) is 5.26 Å². The van der Waals surface area contributed by atoms with Gasteiger partial charge in [-0.1, -0.05) is 6.07 Å². The third kappa shape index (κ3) is 4.44. The summed E-state index contributed by atoms with van der Waals surface area (Å²) in [5.41, 5.74) is -2.30. The summed E-state index contributed by atoms with van der Waals surface area (Å²) in [6.07, 6.45) is -1.63. The Morgan fingerprint density at radius 1 is 1.39 bits per heavy atom. The zero-order chi connectivity index (χ0) is 23.0. The largest absolute Gasteiger partial charge is 0.396 e. The molecular formula is C20H17F3N4O4. The van der Waals surface area contributed by atoms with Crippen molar-refractivity contribution in [2.45, 2.75) is 31.7 Å². The third-order valence-corrected chi connectivity index (χ3v) is 5.02. The molecule has 1 aromatic heterocycles. The van der Waals surface area contributed by atoms with Crippen molar-refractivity contribution >= 4 is 22.5 Å². The van der Waals surface area contributed by atoms with E-state index < -0.39 is 40.5 Å². The van der Waals surface area contributed by atoms with Crippen LogP contribution in [0.2, 0.25) is 0 Å². The standard InChI is InChI=1S/C20H17F3N4O4/c1-19(29,11-26-8-7-14-16(26)3-2-4-17(14)27(30)31)18(28)25-13-6-5-12(10-24)15(9-13)20(21,22)23/h2-8,15,29H,9,11H2,1H3,(H,25,28)/t15?,19-/m0/s1. The maximum atomic E-state index is 13.2. The zero-order valence-electron chi connectivity index (χ0n) is 16.2. The van der Waals surface area contributed by atoms with E-state index in [1.54, 1.807) is 6.07 Å². The lowest BCUT2D eigenvalue weighted by molar-refractivity contribution is -0.383. The number of amides is 1. The summed E-state index contributed by atoms with van der Waals surface area (Å²) in [6.45, 7) is 0.894. The minimum Gasteiger partial charge on any atom is -0.378 e. The Bertz CT molecular complexity index is 1160. The summed E-state index contributed by atoms with van der Waals surface area (Å²) in [4.78, 5) is 23.2. The second-order valence-corrected chi connectivity index (χ2v) is 7.36. The number of hydrogen-bond acceptors (Lipinski definition) is 5. The topological polar surface area (TPSA) is 121 Å². The highest BCUT2D eigenvalue weighted by atomic mass is 19.4. The summed E-state index contributed by atoms with van der Waals surface area (Å²) in [5, 5.41) is 33.3. The Hall–Kier alpha value is -3.65. The van der Waals surface area contributed by atoms with Crippen LogP contribution in [0.3, 0.4) is 0 Å². The van der Waals surface area contributed by atoms with Gasteiger partial charge in [-0.15, -0.1) is 0 Å². The van der Waals surface area contributed by atoms with Gasteiger partial charge in [0.05, 0.1) is 34.4 Å². The van der Waals surface area contributed by atoms with Crippen molar-refractivity contribution in [3.05, 3.63) is 64.0 Å². The van der Waals surface area contributed by atoms with Crippen LogP contribution in [-0.2, 0) is 11.3 Å². The molecule has 1 aromatic carbocycles. The number of carbonyl (C=O) groups is 1. The Kier molecular flexibility index (Phi) is 5.61. The number of nitrogens with one attached hydrogen (secondary N) is 1. The maximum Gasteiger partial charge on any atom is 0.396 e. The van der Waals surface area contributed by atoms with Gasteiger partial charge in [-0.25, -0.2) is 0 Å². The lowest BCUT2D eigenvalue weighted by Gasteiger charge is -2.27. The second kappa shape index (κ2) is 7.88. The van der Waals surface area contributed by atoms with Crippen LogP contribution in [0, 0.1) is 27.4 Å². The summed E-state index contributed by atoms with van der Waals surface area (Å²) < 4.78 is 41.0. The van der Waals surface area contributed by atoms with Gasteiger partial charge in [0, 0.05) is 30.0 Å². The van der Waals surface area contributed by atoms with Crippen molar-refractivity contribution < 1.29 is 28.0 Å². The van der Waals surface area contributed by atoms with Crippen LogP contribution < -0.4 is 5.32 Å². The molecule has 3 rings (SSSR count). The average molecular weight is 434 g/mol. The number of benzene rings is 1. The van der Waals surface area contributed by atoms with Crippen LogP contribution in [0.4, 0.5) is 18.9 Å². The molecule has 1 aliphatic carbocycles. The lowest BCUT2D eigenvalue weighted by atomic mass is 9.89. The fraction of sp³-hybridized carbons (Fsp3) is 0.300. The fourth-order valence-electron chi connectivity index (χ4n) is 3.39. The molecule has 2 aromatic rings. The molecular weight excluding hydrogens is 417 g/mol. The highest BCUT2D eigenvalue weighted by molar-refractivity contribution is 5.90. The molecule has 162 valence electrons. The van der Waals surface area contributed by atoms with E-state index in [2.05, 4.69) is 5.32 Å². The molecule has 1 heterocycles. The number of nitriles is 1. The summed E-state index contributed by atoms with van der Waals surface area (Å²) in [5.74, 6) is -2.99. The minimum atomic E-state index is -4.66. The first-order chi connectivity index (χ1) is 14.4. The van der Waals surface area contributed by atoms with Gasteiger partial charge < -0.3 is 15.0 Å². The van der Waals surface area contributed by atoms with E-state index in [0.717, 1.165) is 6.08 Å². The van der Waals surface area contributed by atoms with Crippen molar-refractivity contribution in [3.63, 3.8) is 0 Å². The Labute approximate surface area is 174 Å². The molecule has 0 fully saturated rings. The van der Waals surface area contributed by atoms with E-state index in [0.29, 0.717) is 10.9 Å². The number of nitro groups is 1. The number of hydrogen-bond donors (Lipinski definition) is 2. The van der Waals surface area contributed by atoms with E-state index in [1.807, 2.05) is 0 Å². The molecule has 0 bridgehead atoms. The van der Waals surface area contributed by atoms with E-state index in [1.165, 1.54) is 48.0 Å². The first-order valence-electron chi connectivity index (χ1n) is 9.07. The number of rotatable bonds is 5. The molecule has 1 unspecified atom stereocenters. The fourth-order valence-corrected chi connectivity index (χ4v) is 3.39. The van der Waals surface area contributed by atoms with Gasteiger partial charge in [-0.3, -0.25) is 14.9 Å². The van der Waals surface area contributed by atoms with Crippen LogP contribution in [0.5, 0.6) is 0 Å². The lowest BCUT2D eigenvalue weighted by Crippen LogP contribution is -2.47. The van der Waals surface area contributed by atoms with E-state index in [-0.39, 0.29) is 17.9 Å². The number of nitrogens with zero attached hydrogens (tertiary/aromatic N) is 3. The zero-order valence-corrected chi connectivity index (χ0v) is 16.2. The molecule has 2 atom stereocenters. The highest BCUT2D eigenvalue weighted by Gasteiger charge is 2.44. The third-order valence-electron chi connectivity index (χ3n) is 5.02. The van der Waals surface area contributed by atoms with Gasteiger partial charge >= 0.3 is 6.18 Å². The Morgan fingerprint density at radius 2 is 2.10 bits per heavy atom. The molecule has 0 aliphatic heterocycles. The van der Waals surface area contributed by atoms with Gasteiger partial charge in [-0.05, 0) is 31.2 Å². The van der Waals surface area contributed by atoms with Crippen molar-refractivity contribution in [3.8, 4) is 6.07 Å². The van der Waals surface area contributed by atoms with Gasteiger partial charge in [0.15, 0.2) is 5.60 Å². The molecule has 0 radical (unpaired) electrons. The molecule has 1 aliphatic rings. The summed E-state index contributed by atoms with van der Waals surface area (Å²) in [6, 6.07) is 7.37. The average Bonchev–Trinajstić information content (AvgIpc) is 3.09. The van der Waals surface area contributed by atoms with Gasteiger partial charge in [0.2, 0.25) is 0 Å². The number of non-ortho nitro benzene ring substituents is 1. The van der Waals surface area contributed by atoms with E-state index in [4.69, 9.17) is 5.26 Å². The molecule has 11 heteroatoms. The van der Waals surface area contributed by atoms with Crippen LogP contribution in [0.25, 0.3) is 10.9 Å². The number of carbonyl (C=O) groups excluding carboxylic acids is 1. The Morgan fingerprint density at radius 3 is 2.71 bits per heavy atom. The monoisotopic (exact) mass is 434 g/mol. The van der Waals surface area contributed by atoms with Crippen molar-refractivity contribution in [2.24, 2.45) is 5.92 Å². The van der Waals surface area contributed by atoms with E-state index in [9.17, 15) is 33.2 Å². The van der Waals surface area contributed by atoms with E-state index >= 15 is 0 Å². The predicted octanol–water partition coefficient (Wildman–Crippen LogP) is 3.33. The first-order valence-corrected chi connectivity index (χ1v) is 9.07. The first kappa shape index (κ1) is 22.0. The number of fused-ring (bicyclic) bond motifs is 1.